The summed E-state index contributed by atoms with van der Waals surface area (Å²) in [4.78, 5) is 3.67. The molecule has 1 rings (SSSR count). The molecular formula is C6H5Cl2NO. The molecule has 0 spiro atoms. The maximum absolute atomic E-state index is 8.86. The molecule has 0 aliphatic rings. The van der Waals surface area contributed by atoms with Crippen molar-refractivity contribution in [3.05, 3.63) is 28.0 Å². The number of pyridine rings is 1. The fourth-order valence-corrected chi connectivity index (χ4v) is 1.01. The molecule has 1 aromatic rings. The van der Waals surface area contributed by atoms with E-state index in [-0.39, 0.29) is 15.6 Å². The third-order valence-corrected chi connectivity index (χ3v) is 1.62. The van der Waals surface area contributed by atoms with Gasteiger partial charge in [-0.25, -0.2) is 0 Å². The highest BCUT2D eigenvalue weighted by Crippen LogP contribution is 2.21. The van der Waals surface area contributed by atoms with Gasteiger partial charge >= 0.3 is 0 Å². The maximum Gasteiger partial charge on any atom is 0.0712 e. The summed E-state index contributed by atoms with van der Waals surface area (Å²) in [6.07, 6.45) is 2.67. The highest BCUT2D eigenvalue weighted by Gasteiger charge is 2.02. The molecule has 54 valence electrons. The first-order chi connectivity index (χ1) is 5.13. The zero-order valence-corrected chi connectivity index (χ0v) is 6.39. The largest absolute Gasteiger partial charge is 0.392 e. The quantitative estimate of drug-likeness (QED) is 0.713. The van der Waals surface area contributed by atoms with Gasteiger partial charge in [-0.1, -0.05) is 23.2 Å². The SMILES string of the molecule is [2H]C(O)c1c(Cl)cncc1Cl. The average molecular weight is 179 g/mol. The van der Waals surface area contributed by atoms with E-state index < -0.39 is 6.58 Å². The molecule has 0 aliphatic carbocycles. The van der Waals surface area contributed by atoms with E-state index in [9.17, 15) is 0 Å². The summed E-state index contributed by atoms with van der Waals surface area (Å²) < 4.78 is 6.96. The number of aromatic nitrogens is 1. The van der Waals surface area contributed by atoms with E-state index in [1.807, 2.05) is 0 Å². The van der Waals surface area contributed by atoms with Gasteiger partial charge in [-0.05, 0) is 0 Å². The molecule has 1 N–H and O–H groups in total. The molecule has 1 aromatic heterocycles. The first kappa shape index (κ1) is 6.40. The van der Waals surface area contributed by atoms with Gasteiger partial charge in [-0.3, -0.25) is 4.98 Å². The molecule has 2 nitrogen and oxygen atoms in total. The molecule has 0 saturated heterocycles. The van der Waals surface area contributed by atoms with Gasteiger partial charge in [-0.15, -0.1) is 0 Å². The summed E-state index contributed by atoms with van der Waals surface area (Å²) >= 11 is 11.2. The minimum atomic E-state index is -1.40. The van der Waals surface area contributed by atoms with Crippen molar-refractivity contribution in [1.82, 2.24) is 4.98 Å². The normalized spacial score (nSPS) is 14.5. The van der Waals surface area contributed by atoms with Crippen LogP contribution in [0.1, 0.15) is 6.93 Å². The molecule has 0 aliphatic heterocycles. The highest BCUT2D eigenvalue weighted by atomic mass is 35.5. The van der Waals surface area contributed by atoms with E-state index in [0.717, 1.165) is 0 Å². The summed E-state index contributed by atoms with van der Waals surface area (Å²) in [5.41, 5.74) is 0.198. The lowest BCUT2D eigenvalue weighted by atomic mass is 10.3. The first-order valence-electron chi connectivity index (χ1n) is 3.10. The Morgan fingerprint density at radius 2 is 2.00 bits per heavy atom. The van der Waals surface area contributed by atoms with Crippen molar-refractivity contribution in [2.24, 2.45) is 0 Å². The Morgan fingerprint density at radius 3 is 2.30 bits per heavy atom. The van der Waals surface area contributed by atoms with E-state index in [4.69, 9.17) is 29.7 Å². The first-order valence-corrected chi connectivity index (χ1v) is 3.27. The number of rotatable bonds is 1. The Morgan fingerprint density at radius 1 is 1.50 bits per heavy atom. The molecule has 0 fully saturated rings. The number of hydrogen-bond acceptors (Lipinski definition) is 2. The van der Waals surface area contributed by atoms with Crippen molar-refractivity contribution >= 4 is 23.2 Å². The molecular weight excluding hydrogens is 173 g/mol. The number of hydrogen-bond donors (Lipinski definition) is 1. The number of aliphatic hydroxyl groups excluding tert-OH is 1. The zero-order valence-electron chi connectivity index (χ0n) is 5.88. The third-order valence-electron chi connectivity index (χ3n) is 1.02. The van der Waals surface area contributed by atoms with Crippen LogP contribution in [0, 0.1) is 0 Å². The monoisotopic (exact) mass is 178 g/mol. The molecule has 1 atom stereocenters. The number of aliphatic hydroxyl groups is 1. The van der Waals surface area contributed by atoms with Crippen LogP contribution in [0.25, 0.3) is 0 Å². The highest BCUT2D eigenvalue weighted by molar-refractivity contribution is 6.35. The minimum absolute atomic E-state index is 0.198. The fourth-order valence-electron chi connectivity index (χ4n) is 0.545. The minimum Gasteiger partial charge on any atom is -0.392 e. The van der Waals surface area contributed by atoms with Gasteiger partial charge in [0.1, 0.15) is 0 Å². The van der Waals surface area contributed by atoms with Crippen LogP contribution in [0.15, 0.2) is 12.4 Å². The van der Waals surface area contributed by atoms with Gasteiger partial charge in [0.25, 0.3) is 0 Å². The molecule has 0 saturated carbocycles. The molecule has 4 heteroatoms. The van der Waals surface area contributed by atoms with Crippen molar-refractivity contribution in [1.29, 1.82) is 0 Å². The zero-order chi connectivity index (χ0) is 8.43. The maximum atomic E-state index is 8.86. The lowest BCUT2D eigenvalue weighted by Crippen LogP contribution is -1.87. The van der Waals surface area contributed by atoms with Crippen LogP contribution >= 0.6 is 23.2 Å². The Hall–Kier alpha value is -0.310. The summed E-state index contributed by atoms with van der Waals surface area (Å²) in [5.74, 6) is 0. The molecule has 10 heavy (non-hydrogen) atoms. The van der Waals surface area contributed by atoms with Crippen LogP contribution < -0.4 is 0 Å². The van der Waals surface area contributed by atoms with Crippen LogP contribution in [0.4, 0.5) is 0 Å². The summed E-state index contributed by atoms with van der Waals surface area (Å²) in [6, 6.07) is 0. The Bertz CT molecular complexity index is 247. The fraction of sp³-hybridized carbons (Fsp3) is 0.167. The molecule has 1 unspecified atom stereocenters. The van der Waals surface area contributed by atoms with E-state index in [0.29, 0.717) is 0 Å². The van der Waals surface area contributed by atoms with Crippen LogP contribution in [-0.4, -0.2) is 10.1 Å². The topological polar surface area (TPSA) is 33.1 Å². The van der Waals surface area contributed by atoms with Crippen molar-refractivity contribution in [2.45, 2.75) is 6.58 Å². The Kier molecular flexibility index (Phi) is 2.04. The van der Waals surface area contributed by atoms with Gasteiger partial charge < -0.3 is 5.11 Å². The molecule has 0 bridgehead atoms. The predicted octanol–water partition coefficient (Wildman–Crippen LogP) is 1.88. The number of halogens is 2. The molecule has 1 heterocycles. The summed E-state index contributed by atoms with van der Waals surface area (Å²) in [5, 5.41) is 9.27. The molecule has 0 amide bonds. The van der Waals surface area contributed by atoms with Gasteiger partial charge in [0.2, 0.25) is 0 Å². The van der Waals surface area contributed by atoms with Crippen LogP contribution in [0.3, 0.4) is 0 Å². The van der Waals surface area contributed by atoms with Gasteiger partial charge in [0.15, 0.2) is 0 Å². The smallest absolute Gasteiger partial charge is 0.0712 e. The predicted molar refractivity (Wildman–Crippen MR) is 40.2 cm³/mol. The van der Waals surface area contributed by atoms with E-state index >= 15 is 0 Å². The van der Waals surface area contributed by atoms with E-state index in [1.165, 1.54) is 12.4 Å². The Balaban J connectivity index is 3.21. The Labute approximate surface area is 69.8 Å². The van der Waals surface area contributed by atoms with E-state index in [2.05, 4.69) is 4.98 Å². The third kappa shape index (κ3) is 1.40. The second kappa shape index (κ2) is 3.19. The summed E-state index contributed by atoms with van der Waals surface area (Å²) in [6.45, 7) is -1.40. The molecule has 0 radical (unpaired) electrons. The van der Waals surface area contributed by atoms with Crippen molar-refractivity contribution in [3.63, 3.8) is 0 Å². The van der Waals surface area contributed by atoms with Crippen LogP contribution in [-0.2, 0) is 6.58 Å². The van der Waals surface area contributed by atoms with Crippen molar-refractivity contribution in [3.8, 4) is 0 Å². The van der Waals surface area contributed by atoms with Crippen LogP contribution in [0.2, 0.25) is 10.0 Å². The lowest BCUT2D eigenvalue weighted by molar-refractivity contribution is 0.282. The summed E-state index contributed by atoms with van der Waals surface area (Å²) in [7, 11) is 0. The second-order valence-electron chi connectivity index (χ2n) is 1.65. The van der Waals surface area contributed by atoms with Gasteiger partial charge in [0.05, 0.1) is 18.0 Å². The van der Waals surface area contributed by atoms with Crippen molar-refractivity contribution < 1.29 is 6.48 Å². The average Bonchev–Trinajstić information content (AvgIpc) is 1.85. The standard InChI is InChI=1S/C6H5Cl2NO/c7-5-1-9-2-6(8)4(5)3-10/h1-2,10H,3H2/i3D. The van der Waals surface area contributed by atoms with Crippen LogP contribution in [0.5, 0.6) is 0 Å². The van der Waals surface area contributed by atoms with Crippen molar-refractivity contribution in [2.75, 3.05) is 0 Å². The molecule has 0 aromatic carbocycles. The second-order valence-corrected chi connectivity index (χ2v) is 2.46. The van der Waals surface area contributed by atoms with Gasteiger partial charge in [-0.2, -0.15) is 0 Å². The van der Waals surface area contributed by atoms with E-state index in [1.54, 1.807) is 0 Å². The number of nitrogens with zero attached hydrogens (tertiary/aromatic N) is 1. The lowest BCUT2D eigenvalue weighted by Gasteiger charge is -1.99. The van der Waals surface area contributed by atoms with Gasteiger partial charge in [0, 0.05) is 18.0 Å².